The highest BCUT2D eigenvalue weighted by Crippen LogP contribution is 2.22. The number of carbonyl (C=O) groups excluding carboxylic acids is 1. The molecule has 2 aliphatic heterocycles. The van der Waals surface area contributed by atoms with Gasteiger partial charge in [-0.25, -0.2) is 0 Å². The topological polar surface area (TPSA) is 42.0 Å². The maximum atomic E-state index is 12.7. The van der Waals surface area contributed by atoms with E-state index in [0.717, 1.165) is 37.6 Å². The molecule has 0 saturated carbocycles. The van der Waals surface area contributed by atoms with Gasteiger partial charge in [-0.3, -0.25) is 9.69 Å². The lowest BCUT2D eigenvalue weighted by molar-refractivity contribution is -0.132. The van der Waals surface area contributed by atoms with E-state index in [9.17, 15) is 4.79 Å². The average Bonchev–Trinajstić information content (AvgIpc) is 2.76. The van der Waals surface area contributed by atoms with Crippen LogP contribution in [0.1, 0.15) is 5.56 Å². The highest BCUT2D eigenvalue weighted by atomic mass is 16.5. The highest BCUT2D eigenvalue weighted by molar-refractivity contribution is 5.79. The van der Waals surface area contributed by atoms with Gasteiger partial charge in [-0.15, -0.1) is 0 Å². The molecule has 0 radical (unpaired) electrons. The van der Waals surface area contributed by atoms with Crippen molar-refractivity contribution < 1.29 is 14.3 Å². The Kier molecular flexibility index (Phi) is 4.64. The van der Waals surface area contributed by atoms with Crippen LogP contribution in [0.15, 0.2) is 24.3 Å². The van der Waals surface area contributed by atoms with E-state index in [-0.39, 0.29) is 5.91 Å². The molecular formula is C17H24N2O3. The number of amides is 1. The number of methoxy groups -OCH3 is 1. The number of benzene rings is 1. The van der Waals surface area contributed by atoms with Crippen LogP contribution in [0.2, 0.25) is 0 Å². The molecule has 0 unspecified atom stereocenters. The molecule has 0 spiro atoms. The van der Waals surface area contributed by atoms with Crippen molar-refractivity contribution in [2.24, 2.45) is 5.92 Å². The van der Waals surface area contributed by atoms with Crippen molar-refractivity contribution in [3.05, 3.63) is 29.8 Å². The van der Waals surface area contributed by atoms with Gasteiger partial charge < -0.3 is 14.4 Å². The van der Waals surface area contributed by atoms with Crippen LogP contribution in [0.4, 0.5) is 0 Å². The van der Waals surface area contributed by atoms with E-state index in [1.807, 2.05) is 29.2 Å². The molecule has 0 N–H and O–H groups in total. The van der Waals surface area contributed by atoms with Gasteiger partial charge in [0.15, 0.2) is 0 Å². The summed E-state index contributed by atoms with van der Waals surface area (Å²) in [7, 11) is 3.77. The monoisotopic (exact) mass is 304 g/mol. The standard InChI is InChI=1S/C17H24N2O3/c1-18-8-13-9-19(10-15(18)12-22-11-13)17(20)7-14-5-3-4-6-16(14)21-2/h3-6,13,15H,7-12H2,1-2H3/t13-,15+/m1/s1. The van der Waals surface area contributed by atoms with Crippen LogP contribution in [-0.2, 0) is 16.0 Å². The van der Waals surface area contributed by atoms with Gasteiger partial charge in [-0.1, -0.05) is 18.2 Å². The van der Waals surface area contributed by atoms with E-state index in [2.05, 4.69) is 11.9 Å². The number of carbonyl (C=O) groups is 1. The van der Waals surface area contributed by atoms with E-state index >= 15 is 0 Å². The second kappa shape index (κ2) is 6.67. The van der Waals surface area contributed by atoms with Gasteiger partial charge in [0.05, 0.1) is 32.8 Å². The first-order valence-corrected chi connectivity index (χ1v) is 7.85. The third kappa shape index (κ3) is 3.25. The van der Waals surface area contributed by atoms with Crippen molar-refractivity contribution in [2.45, 2.75) is 12.5 Å². The van der Waals surface area contributed by atoms with E-state index in [0.29, 0.717) is 25.0 Å². The summed E-state index contributed by atoms with van der Waals surface area (Å²) in [5.41, 5.74) is 0.953. The van der Waals surface area contributed by atoms with E-state index in [1.165, 1.54) is 0 Å². The summed E-state index contributed by atoms with van der Waals surface area (Å²) in [6, 6.07) is 8.04. The Morgan fingerprint density at radius 3 is 2.91 bits per heavy atom. The van der Waals surface area contributed by atoms with Gasteiger partial charge in [-0.05, 0) is 13.1 Å². The van der Waals surface area contributed by atoms with Gasteiger partial charge in [0.2, 0.25) is 5.91 Å². The molecule has 0 aromatic heterocycles. The van der Waals surface area contributed by atoms with Crippen LogP contribution >= 0.6 is 0 Å². The van der Waals surface area contributed by atoms with Crippen LogP contribution in [0, 0.1) is 5.92 Å². The van der Waals surface area contributed by atoms with Crippen molar-refractivity contribution in [3.8, 4) is 5.75 Å². The lowest BCUT2D eigenvalue weighted by Crippen LogP contribution is -2.45. The van der Waals surface area contributed by atoms with Crippen molar-refractivity contribution in [1.29, 1.82) is 0 Å². The van der Waals surface area contributed by atoms with E-state index in [1.54, 1.807) is 7.11 Å². The molecule has 2 aliphatic rings. The lowest BCUT2D eigenvalue weighted by atomic mass is 10.1. The molecule has 2 heterocycles. The number of hydrogen-bond donors (Lipinski definition) is 0. The fraction of sp³-hybridized carbons (Fsp3) is 0.588. The Hall–Kier alpha value is -1.59. The van der Waals surface area contributed by atoms with Crippen LogP contribution in [0.5, 0.6) is 5.75 Å². The Morgan fingerprint density at radius 1 is 1.27 bits per heavy atom. The molecule has 1 amide bonds. The fourth-order valence-corrected chi connectivity index (χ4v) is 3.38. The summed E-state index contributed by atoms with van der Waals surface area (Å²) >= 11 is 0. The number of fused-ring (bicyclic) bond motifs is 3. The summed E-state index contributed by atoms with van der Waals surface area (Å²) in [6.07, 6.45) is 0.397. The van der Waals surface area contributed by atoms with E-state index < -0.39 is 0 Å². The van der Waals surface area contributed by atoms with Gasteiger partial charge >= 0.3 is 0 Å². The fourth-order valence-electron chi connectivity index (χ4n) is 3.38. The predicted octanol–water partition coefficient (Wildman–Crippen LogP) is 1.03. The minimum atomic E-state index is 0.178. The van der Waals surface area contributed by atoms with Crippen molar-refractivity contribution in [3.63, 3.8) is 0 Å². The minimum absolute atomic E-state index is 0.178. The summed E-state index contributed by atoms with van der Waals surface area (Å²) in [5, 5.41) is 0. The maximum absolute atomic E-state index is 12.7. The maximum Gasteiger partial charge on any atom is 0.227 e. The number of likely N-dealkylation sites (N-methyl/N-ethyl adjacent to an activating group) is 1. The predicted molar refractivity (Wildman–Crippen MR) is 84.0 cm³/mol. The molecule has 3 rings (SSSR count). The molecule has 1 aromatic rings. The van der Waals surface area contributed by atoms with Crippen molar-refractivity contribution in [1.82, 2.24) is 9.80 Å². The molecule has 5 heteroatoms. The Balaban J connectivity index is 1.72. The minimum Gasteiger partial charge on any atom is -0.496 e. The van der Waals surface area contributed by atoms with E-state index in [4.69, 9.17) is 9.47 Å². The zero-order valence-corrected chi connectivity index (χ0v) is 13.3. The highest BCUT2D eigenvalue weighted by Gasteiger charge is 2.33. The van der Waals surface area contributed by atoms with Crippen LogP contribution < -0.4 is 4.74 Å². The zero-order valence-electron chi connectivity index (χ0n) is 13.3. The quantitative estimate of drug-likeness (QED) is 0.836. The molecule has 0 aliphatic carbocycles. The van der Waals surface area contributed by atoms with Crippen LogP contribution in [0.25, 0.3) is 0 Å². The molecule has 2 atom stereocenters. The van der Waals surface area contributed by atoms with Gasteiger partial charge in [0.25, 0.3) is 0 Å². The molecule has 2 bridgehead atoms. The Labute approximate surface area is 131 Å². The molecule has 1 aromatic carbocycles. The van der Waals surface area contributed by atoms with Gasteiger partial charge in [-0.2, -0.15) is 0 Å². The Morgan fingerprint density at radius 2 is 2.09 bits per heavy atom. The smallest absolute Gasteiger partial charge is 0.227 e. The second-order valence-corrected chi connectivity index (χ2v) is 6.28. The normalized spacial score (nSPS) is 25.6. The Bertz CT molecular complexity index is 534. The number of para-hydroxylation sites is 1. The second-order valence-electron chi connectivity index (χ2n) is 6.28. The largest absolute Gasteiger partial charge is 0.496 e. The first kappa shape index (κ1) is 15.3. The number of hydrogen-bond acceptors (Lipinski definition) is 4. The van der Waals surface area contributed by atoms with Crippen molar-refractivity contribution >= 4 is 5.91 Å². The van der Waals surface area contributed by atoms with Crippen molar-refractivity contribution in [2.75, 3.05) is 47.0 Å². The summed E-state index contributed by atoms with van der Waals surface area (Å²) in [6.45, 7) is 4.00. The number of ether oxygens (including phenoxy) is 2. The molecular weight excluding hydrogens is 280 g/mol. The summed E-state index contributed by atoms with van der Waals surface area (Å²) < 4.78 is 11.1. The third-order valence-corrected chi connectivity index (χ3v) is 4.63. The third-order valence-electron chi connectivity index (χ3n) is 4.63. The lowest BCUT2D eigenvalue weighted by Gasteiger charge is -2.30. The van der Waals surface area contributed by atoms with Gasteiger partial charge in [0.1, 0.15) is 5.75 Å². The first-order chi connectivity index (χ1) is 10.7. The molecule has 5 nitrogen and oxygen atoms in total. The molecule has 22 heavy (non-hydrogen) atoms. The van der Waals surface area contributed by atoms with Gasteiger partial charge in [0, 0.05) is 31.1 Å². The SMILES string of the molecule is COc1ccccc1CC(=O)N1C[C@@H]2COC[C@H](C1)N(C)C2. The first-order valence-electron chi connectivity index (χ1n) is 7.85. The summed E-state index contributed by atoms with van der Waals surface area (Å²) in [5.74, 6) is 1.36. The number of nitrogens with zero attached hydrogens (tertiary/aromatic N) is 2. The summed E-state index contributed by atoms with van der Waals surface area (Å²) in [4.78, 5) is 17.1. The van der Waals surface area contributed by atoms with Crippen LogP contribution in [-0.4, -0.2) is 68.8 Å². The average molecular weight is 304 g/mol. The number of rotatable bonds is 3. The molecule has 120 valence electrons. The zero-order chi connectivity index (χ0) is 15.5. The molecule has 2 fully saturated rings. The van der Waals surface area contributed by atoms with Crippen LogP contribution in [0.3, 0.4) is 0 Å². The molecule has 2 saturated heterocycles.